The number of ether oxygens (including phenoxy) is 3. The van der Waals surface area contributed by atoms with E-state index in [9.17, 15) is 19.5 Å². The molecule has 300 valence electrons. The number of hydrogen-bond acceptors (Lipinski definition) is 7. The maximum atomic E-state index is 12.7. The molecule has 0 aliphatic rings. The molecule has 0 aliphatic carbocycles. The molecule has 2 unspecified atom stereocenters. The fraction of sp³-hybridized carbons (Fsp3) is 0.622. The second-order valence-electron chi connectivity index (χ2n) is 14.3. The van der Waals surface area contributed by atoms with E-state index in [2.05, 4.69) is 44.2 Å². The quantitative estimate of drug-likeness (QED) is 0.0281. The van der Waals surface area contributed by atoms with E-state index in [1.165, 1.54) is 44.9 Å². The van der Waals surface area contributed by atoms with E-state index in [1.807, 2.05) is 54.7 Å². The molecular formula is C45H73NO7. The predicted octanol–water partition coefficient (Wildman–Crippen LogP) is 9.24. The number of rotatable bonds is 34. The molecule has 0 rings (SSSR count). The smallest absolute Gasteiger partial charge is 0.306 e. The van der Waals surface area contributed by atoms with E-state index in [1.54, 1.807) is 21.1 Å². The molecule has 53 heavy (non-hydrogen) atoms. The number of carbonyl (C=O) groups excluding carboxylic acids is 3. The van der Waals surface area contributed by atoms with Gasteiger partial charge in [0.15, 0.2) is 6.10 Å². The minimum absolute atomic E-state index is 0.00194. The van der Waals surface area contributed by atoms with Crippen LogP contribution in [0.2, 0.25) is 0 Å². The molecule has 2 atom stereocenters. The van der Waals surface area contributed by atoms with Crippen LogP contribution in [0.1, 0.15) is 129 Å². The summed E-state index contributed by atoms with van der Waals surface area (Å²) < 4.78 is 17.0. The first kappa shape index (κ1) is 49.5. The van der Waals surface area contributed by atoms with E-state index in [-0.39, 0.29) is 55.5 Å². The zero-order valence-electron chi connectivity index (χ0n) is 33.9. The Labute approximate surface area is 323 Å². The van der Waals surface area contributed by atoms with Crippen LogP contribution in [-0.2, 0) is 28.6 Å². The van der Waals surface area contributed by atoms with Crippen LogP contribution >= 0.6 is 0 Å². The van der Waals surface area contributed by atoms with Crippen LogP contribution in [-0.4, -0.2) is 75.5 Å². The summed E-state index contributed by atoms with van der Waals surface area (Å²) in [6.45, 7) is 4.37. The number of unbranched alkanes of at least 4 members (excludes halogenated alkanes) is 11. The minimum Gasteiger partial charge on any atom is -0.544 e. The third-order valence-electron chi connectivity index (χ3n) is 8.42. The number of carboxylic acid groups (broad SMARTS) is 1. The van der Waals surface area contributed by atoms with Gasteiger partial charge in [-0.2, -0.15) is 0 Å². The maximum Gasteiger partial charge on any atom is 0.306 e. The predicted molar refractivity (Wildman–Crippen MR) is 217 cm³/mol. The van der Waals surface area contributed by atoms with Crippen LogP contribution in [0.5, 0.6) is 0 Å². The number of allylic oxidation sites excluding steroid dienone is 14. The molecule has 0 aromatic heterocycles. The van der Waals surface area contributed by atoms with Gasteiger partial charge in [0.05, 0.1) is 40.3 Å². The number of quaternary nitrogens is 1. The van der Waals surface area contributed by atoms with Crippen molar-refractivity contribution in [2.75, 3.05) is 41.0 Å². The zero-order chi connectivity index (χ0) is 39.3. The summed E-state index contributed by atoms with van der Waals surface area (Å²) in [6, 6.07) is -0.745. The van der Waals surface area contributed by atoms with Gasteiger partial charge in [-0.05, 0) is 51.4 Å². The lowest BCUT2D eigenvalue weighted by Gasteiger charge is -2.34. The van der Waals surface area contributed by atoms with Gasteiger partial charge in [0.1, 0.15) is 12.6 Å². The highest BCUT2D eigenvalue weighted by atomic mass is 16.6. The summed E-state index contributed by atoms with van der Waals surface area (Å²) in [5.41, 5.74) is 0. The highest BCUT2D eigenvalue weighted by molar-refractivity contribution is 5.70. The lowest BCUT2D eigenvalue weighted by molar-refractivity contribution is -0.889. The summed E-state index contributed by atoms with van der Waals surface area (Å²) in [6.07, 6.45) is 44.8. The molecule has 8 nitrogen and oxygen atoms in total. The van der Waals surface area contributed by atoms with Crippen molar-refractivity contribution in [3.63, 3.8) is 0 Å². The average molecular weight is 740 g/mol. The van der Waals surface area contributed by atoms with Gasteiger partial charge in [0.2, 0.25) is 0 Å². The summed E-state index contributed by atoms with van der Waals surface area (Å²) in [7, 11) is 5.36. The number of aliphatic carboxylic acids is 1. The Bertz CT molecular complexity index is 1140. The Balaban J connectivity index is 4.58. The summed E-state index contributed by atoms with van der Waals surface area (Å²) in [4.78, 5) is 36.7. The summed E-state index contributed by atoms with van der Waals surface area (Å²) in [5.74, 6) is -1.88. The molecule has 0 aliphatic heterocycles. The Morgan fingerprint density at radius 1 is 0.585 bits per heavy atom. The standard InChI is InChI=1S/C45H73NO7/c1-6-8-10-12-14-16-18-20-21-22-24-26-28-30-32-34-36-44(48)53-41(39-51-38-37-42(45(49)50)46(3,4)5)40-52-43(47)35-33-31-29-27-25-23-19-17-15-13-11-9-7-2/h9,11,13,15,17,19,21-27,29,41-42H,6-8,10,12,14,16,18,20,28,30-40H2,1-5H3/b11-9+,15-13+,19-17+,22-21+,25-23+,26-24+,29-27+. The largest absolute Gasteiger partial charge is 0.544 e. The first-order valence-corrected chi connectivity index (χ1v) is 20.2. The molecule has 8 heteroatoms. The second-order valence-corrected chi connectivity index (χ2v) is 14.3. The normalized spacial score (nSPS) is 13.9. The van der Waals surface area contributed by atoms with Gasteiger partial charge in [0.25, 0.3) is 0 Å². The number of carboxylic acids is 1. The SMILES string of the molecule is CC/C=C/C=C/C=C/C=C/C=C/CCCC(=O)OCC(COCCC(C(=O)[O-])[N+](C)(C)C)OC(=O)CCCCC/C=C/C=C/CCCCCCCCC. The van der Waals surface area contributed by atoms with Gasteiger partial charge in [-0.1, -0.05) is 144 Å². The van der Waals surface area contributed by atoms with Crippen molar-refractivity contribution >= 4 is 17.9 Å². The third kappa shape index (κ3) is 34.1. The third-order valence-corrected chi connectivity index (χ3v) is 8.42. The summed E-state index contributed by atoms with van der Waals surface area (Å²) >= 11 is 0. The Kier molecular flexibility index (Phi) is 33.2. The molecule has 0 bridgehead atoms. The van der Waals surface area contributed by atoms with Crippen molar-refractivity contribution in [1.82, 2.24) is 0 Å². The van der Waals surface area contributed by atoms with Gasteiger partial charge >= 0.3 is 11.9 Å². The fourth-order valence-electron chi connectivity index (χ4n) is 5.27. The van der Waals surface area contributed by atoms with Crippen LogP contribution in [0.15, 0.2) is 85.1 Å². The zero-order valence-corrected chi connectivity index (χ0v) is 33.9. The first-order chi connectivity index (χ1) is 25.6. The molecule has 0 saturated carbocycles. The van der Waals surface area contributed by atoms with Crippen molar-refractivity contribution in [3.05, 3.63) is 85.1 Å². The number of hydrogen-bond donors (Lipinski definition) is 0. The van der Waals surface area contributed by atoms with Crippen LogP contribution < -0.4 is 5.11 Å². The monoisotopic (exact) mass is 740 g/mol. The van der Waals surface area contributed by atoms with Gasteiger partial charge in [0, 0.05) is 19.3 Å². The van der Waals surface area contributed by atoms with Crippen LogP contribution in [0.25, 0.3) is 0 Å². The first-order valence-electron chi connectivity index (χ1n) is 20.2. The molecule has 0 spiro atoms. The van der Waals surface area contributed by atoms with Crippen molar-refractivity contribution in [2.24, 2.45) is 0 Å². The van der Waals surface area contributed by atoms with Crippen molar-refractivity contribution < 1.29 is 38.2 Å². The topological polar surface area (TPSA) is 102 Å². The average Bonchev–Trinajstić information content (AvgIpc) is 3.11. The minimum atomic E-state index is -1.14. The van der Waals surface area contributed by atoms with E-state index in [0.717, 1.165) is 38.5 Å². The molecule has 0 heterocycles. The molecule has 0 fully saturated rings. The van der Waals surface area contributed by atoms with Gasteiger partial charge in [-0.3, -0.25) is 9.59 Å². The number of likely N-dealkylation sites (N-methyl/N-ethyl adjacent to an activating group) is 1. The molecule has 0 amide bonds. The fourth-order valence-corrected chi connectivity index (χ4v) is 5.27. The number of nitrogens with zero attached hydrogens (tertiary/aromatic N) is 1. The lowest BCUT2D eigenvalue weighted by atomic mass is 10.1. The van der Waals surface area contributed by atoms with Crippen LogP contribution in [0.4, 0.5) is 0 Å². The van der Waals surface area contributed by atoms with Gasteiger partial charge < -0.3 is 28.6 Å². The highest BCUT2D eigenvalue weighted by Gasteiger charge is 2.25. The Morgan fingerprint density at radius 2 is 1.08 bits per heavy atom. The van der Waals surface area contributed by atoms with Gasteiger partial charge in [-0.15, -0.1) is 0 Å². The Hall–Kier alpha value is -3.49. The Morgan fingerprint density at radius 3 is 1.64 bits per heavy atom. The molecule has 0 aromatic rings. The van der Waals surface area contributed by atoms with Crippen molar-refractivity contribution in [3.8, 4) is 0 Å². The molecule has 0 radical (unpaired) electrons. The van der Waals surface area contributed by atoms with E-state index in [4.69, 9.17) is 14.2 Å². The lowest BCUT2D eigenvalue weighted by Crippen LogP contribution is -2.55. The molecular weight excluding hydrogens is 666 g/mol. The number of esters is 2. The van der Waals surface area contributed by atoms with Gasteiger partial charge in [-0.25, -0.2) is 0 Å². The molecule has 0 saturated heterocycles. The van der Waals surface area contributed by atoms with Crippen molar-refractivity contribution in [1.29, 1.82) is 0 Å². The highest BCUT2D eigenvalue weighted by Crippen LogP contribution is 2.11. The molecule has 0 N–H and O–H groups in total. The molecule has 0 aromatic carbocycles. The van der Waals surface area contributed by atoms with E-state index in [0.29, 0.717) is 12.8 Å². The van der Waals surface area contributed by atoms with Crippen molar-refractivity contribution in [2.45, 2.75) is 142 Å². The number of carbonyl (C=O) groups is 3. The second kappa shape index (κ2) is 35.5. The van der Waals surface area contributed by atoms with Crippen LogP contribution in [0, 0.1) is 0 Å². The van der Waals surface area contributed by atoms with E-state index >= 15 is 0 Å². The van der Waals surface area contributed by atoms with Crippen LogP contribution in [0.3, 0.4) is 0 Å². The summed E-state index contributed by atoms with van der Waals surface area (Å²) in [5, 5.41) is 11.6. The maximum absolute atomic E-state index is 12.7. The van der Waals surface area contributed by atoms with E-state index < -0.39 is 18.1 Å².